The Labute approximate surface area is 281 Å². The number of carbonyl (C=O) groups excluding carboxylic acids is 1. The van der Waals surface area contributed by atoms with Gasteiger partial charge in [0.2, 0.25) is 11.6 Å². The molecule has 2 aliphatic rings. The number of unbranched alkanes of at least 4 members (excludes halogenated alkanes) is 1. The monoisotopic (exact) mass is 703 g/mol. The van der Waals surface area contributed by atoms with Gasteiger partial charge in [0.05, 0.1) is 20.9 Å². The molecule has 3 aromatic carbocycles. The van der Waals surface area contributed by atoms with Gasteiger partial charge in [-0.25, -0.2) is 8.42 Å². The number of fused-ring (bicyclic) bond motifs is 4. The van der Waals surface area contributed by atoms with Crippen molar-refractivity contribution in [3.8, 4) is 0 Å². The number of hydrogen-bond acceptors (Lipinski definition) is 5. The molecule has 0 aliphatic carbocycles. The summed E-state index contributed by atoms with van der Waals surface area (Å²) >= 11 is 3.22. The molecule has 7 nitrogen and oxygen atoms in total. The Morgan fingerprint density at radius 3 is 2.48 bits per heavy atom. The molecule has 0 saturated heterocycles. The largest absolute Gasteiger partial charge is 0.748 e. The number of benzene rings is 3. The molecule has 2 heterocycles. The summed E-state index contributed by atoms with van der Waals surface area (Å²) in [5, 5.41) is 5.59. The normalized spacial score (nSPS) is 17.9. The van der Waals surface area contributed by atoms with Crippen LogP contribution in [0.25, 0.3) is 10.8 Å². The summed E-state index contributed by atoms with van der Waals surface area (Å²) in [5.74, 6) is -0.429. The van der Waals surface area contributed by atoms with E-state index in [0.717, 1.165) is 29.3 Å². The molecule has 2 aliphatic heterocycles. The molecule has 1 amide bonds. The van der Waals surface area contributed by atoms with E-state index in [1.54, 1.807) is 0 Å². The third kappa shape index (κ3) is 6.64. The van der Waals surface area contributed by atoms with E-state index in [2.05, 4.69) is 132 Å². The predicted molar refractivity (Wildman–Crippen MR) is 192 cm³/mol. The zero-order chi connectivity index (χ0) is 33.3. The summed E-state index contributed by atoms with van der Waals surface area (Å²) in [7, 11) is -4.24. The quantitative estimate of drug-likeness (QED) is 0.0727. The molecule has 0 radical (unpaired) electrons. The van der Waals surface area contributed by atoms with Crippen molar-refractivity contribution in [1.29, 1.82) is 0 Å². The molecule has 9 heteroatoms. The predicted octanol–water partition coefficient (Wildman–Crippen LogP) is 7.69. The van der Waals surface area contributed by atoms with Crippen molar-refractivity contribution >= 4 is 65.5 Å². The molecule has 0 aromatic heterocycles. The molecule has 3 aromatic rings. The van der Waals surface area contributed by atoms with Gasteiger partial charge in [0, 0.05) is 58.9 Å². The lowest BCUT2D eigenvalue weighted by atomic mass is 9.79. The van der Waals surface area contributed by atoms with Gasteiger partial charge in [0.15, 0.2) is 5.71 Å². The Hall–Kier alpha value is -3.53. The summed E-state index contributed by atoms with van der Waals surface area (Å²) in [6.45, 7) is 12.5. The van der Waals surface area contributed by atoms with Gasteiger partial charge in [-0.3, -0.25) is 4.79 Å². The summed E-state index contributed by atoms with van der Waals surface area (Å²) < 4.78 is 36.0. The van der Waals surface area contributed by atoms with Crippen molar-refractivity contribution < 1.29 is 22.3 Å². The fourth-order valence-electron chi connectivity index (χ4n) is 6.97. The van der Waals surface area contributed by atoms with Crippen LogP contribution in [0.1, 0.15) is 58.6 Å². The van der Waals surface area contributed by atoms with E-state index in [1.165, 1.54) is 27.6 Å². The van der Waals surface area contributed by atoms with Crippen LogP contribution < -0.4 is 10.2 Å². The maximum absolute atomic E-state index is 12.0. The fourth-order valence-corrected chi connectivity index (χ4v) is 7.67. The Bertz CT molecular complexity index is 1900. The molecular weight excluding hydrogens is 662 g/mol. The number of amides is 1. The van der Waals surface area contributed by atoms with Crippen molar-refractivity contribution in [1.82, 2.24) is 0 Å². The second-order valence-corrected chi connectivity index (χ2v) is 15.0. The standard InChI is InChI=1S/C37H42BrN3O4S/c1-6-40-30-21-19-27(39-34(42)25-38)24-29(30)36(2,3)32(40)16-8-7-9-17-33-37(4,5)35-28-15-11-10-14-26(28)18-20-31(35)41(33)22-12-13-23-46(43,44)45/h7-11,14-21,24H,6,12-13,22-23,25H2,1-5H3,(H-,39,42,43,44,45). The zero-order valence-electron chi connectivity index (χ0n) is 27.1. The van der Waals surface area contributed by atoms with E-state index < -0.39 is 10.1 Å². The zero-order valence-corrected chi connectivity index (χ0v) is 29.5. The number of allylic oxidation sites excluding steroid dienone is 6. The van der Waals surface area contributed by atoms with Crippen LogP contribution in [0.3, 0.4) is 0 Å². The smallest absolute Gasteiger partial charge is 0.235 e. The molecule has 0 bridgehead atoms. The Morgan fingerprint density at radius 1 is 1.00 bits per heavy atom. The summed E-state index contributed by atoms with van der Waals surface area (Å²) in [6, 6.07) is 18.8. The highest BCUT2D eigenvalue weighted by Gasteiger charge is 2.45. The van der Waals surface area contributed by atoms with Gasteiger partial charge in [0.1, 0.15) is 6.54 Å². The number of hydrogen-bond donors (Lipinski definition) is 1. The minimum absolute atomic E-state index is 0.0813. The first kappa shape index (κ1) is 33.8. The molecule has 5 rings (SSSR count). The SMILES string of the molecule is CCN1/C(=C/C=C/C=C/C2=[N+](CCCCS(=O)(=O)[O-])c3ccc4ccccc4c3C2(C)C)C(C)(C)c2cc(NC(=O)CBr)ccc21. The summed E-state index contributed by atoms with van der Waals surface area (Å²) in [6.07, 6.45) is 11.4. The van der Waals surface area contributed by atoms with E-state index in [4.69, 9.17) is 0 Å². The lowest BCUT2D eigenvalue weighted by Crippen LogP contribution is -2.28. The van der Waals surface area contributed by atoms with Gasteiger partial charge in [-0.2, -0.15) is 4.58 Å². The third-order valence-electron chi connectivity index (χ3n) is 9.12. The summed E-state index contributed by atoms with van der Waals surface area (Å²) in [4.78, 5) is 14.3. The van der Waals surface area contributed by atoms with Crippen LogP contribution in [0.5, 0.6) is 0 Å². The van der Waals surface area contributed by atoms with Gasteiger partial charge in [-0.1, -0.05) is 72.3 Å². The molecule has 0 fully saturated rings. The van der Waals surface area contributed by atoms with Gasteiger partial charge in [0.25, 0.3) is 0 Å². The average molecular weight is 705 g/mol. The van der Waals surface area contributed by atoms with Crippen molar-refractivity contribution in [3.63, 3.8) is 0 Å². The number of nitrogens with one attached hydrogen (secondary N) is 1. The van der Waals surface area contributed by atoms with E-state index >= 15 is 0 Å². The van der Waals surface area contributed by atoms with Crippen LogP contribution in [0, 0.1) is 0 Å². The van der Waals surface area contributed by atoms with E-state index in [1.807, 2.05) is 18.2 Å². The van der Waals surface area contributed by atoms with Crippen LogP contribution in [-0.2, 0) is 25.7 Å². The van der Waals surface area contributed by atoms with Crippen molar-refractivity contribution in [2.24, 2.45) is 0 Å². The van der Waals surface area contributed by atoms with Gasteiger partial charge in [-0.05, 0) is 73.9 Å². The lowest BCUT2D eigenvalue weighted by Gasteiger charge is -2.25. The molecule has 242 valence electrons. The summed E-state index contributed by atoms with van der Waals surface area (Å²) in [5.41, 5.74) is 7.24. The van der Waals surface area contributed by atoms with E-state index in [9.17, 15) is 17.8 Å². The second-order valence-electron chi connectivity index (χ2n) is 12.9. The minimum atomic E-state index is -4.24. The van der Waals surface area contributed by atoms with Gasteiger partial charge >= 0.3 is 0 Å². The first-order valence-corrected chi connectivity index (χ1v) is 18.4. The Balaban J connectivity index is 1.44. The van der Waals surface area contributed by atoms with Gasteiger partial charge in [-0.15, -0.1) is 0 Å². The number of anilines is 2. The minimum Gasteiger partial charge on any atom is -0.748 e. The second kappa shape index (κ2) is 13.3. The van der Waals surface area contributed by atoms with Crippen LogP contribution in [0.15, 0.2) is 90.7 Å². The molecule has 0 spiro atoms. The average Bonchev–Trinajstić information content (AvgIpc) is 3.36. The molecular formula is C37H42BrN3O4S. The van der Waals surface area contributed by atoms with Crippen molar-refractivity contribution in [3.05, 3.63) is 102 Å². The van der Waals surface area contributed by atoms with Gasteiger partial charge < -0.3 is 14.8 Å². The molecule has 0 saturated carbocycles. The van der Waals surface area contributed by atoms with Crippen molar-refractivity contribution in [2.75, 3.05) is 34.4 Å². The number of carbonyl (C=O) groups is 1. The maximum atomic E-state index is 12.0. The first-order chi connectivity index (χ1) is 21.8. The first-order valence-electron chi connectivity index (χ1n) is 15.7. The Kier molecular flexibility index (Phi) is 9.78. The number of rotatable bonds is 11. The highest BCUT2D eigenvalue weighted by atomic mass is 79.9. The van der Waals surface area contributed by atoms with Crippen molar-refractivity contribution in [2.45, 2.75) is 58.3 Å². The number of alkyl halides is 1. The van der Waals surface area contributed by atoms with Crippen LogP contribution in [0.2, 0.25) is 0 Å². The van der Waals surface area contributed by atoms with Crippen LogP contribution >= 0.6 is 15.9 Å². The molecule has 0 atom stereocenters. The van der Waals surface area contributed by atoms with Crippen LogP contribution in [-0.4, -0.2) is 53.3 Å². The lowest BCUT2D eigenvalue weighted by molar-refractivity contribution is -0.438. The van der Waals surface area contributed by atoms with E-state index in [0.29, 0.717) is 19.4 Å². The molecule has 1 N–H and O–H groups in total. The number of halogens is 1. The van der Waals surface area contributed by atoms with Crippen LogP contribution in [0.4, 0.5) is 17.1 Å². The third-order valence-corrected chi connectivity index (χ3v) is 10.4. The Morgan fingerprint density at radius 2 is 1.76 bits per heavy atom. The highest BCUT2D eigenvalue weighted by molar-refractivity contribution is 9.09. The topological polar surface area (TPSA) is 92.6 Å². The maximum Gasteiger partial charge on any atom is 0.235 e. The molecule has 46 heavy (non-hydrogen) atoms. The number of likely N-dealkylation sites (N-methyl/N-ethyl adjacent to an activating group) is 1. The van der Waals surface area contributed by atoms with E-state index in [-0.39, 0.29) is 27.8 Å². The fraction of sp³-hybridized carbons (Fsp3) is 0.351. The number of nitrogens with zero attached hydrogens (tertiary/aromatic N) is 2. The highest BCUT2D eigenvalue weighted by Crippen LogP contribution is 2.48. The molecule has 0 unspecified atom stereocenters.